The Hall–Kier alpha value is -2.73. The quantitative estimate of drug-likeness (QED) is 0.775. The first kappa shape index (κ1) is 13.9. The smallest absolute Gasteiger partial charge is 0.159 e. The number of hydrogen-bond acceptors (Lipinski definition) is 5. The number of rotatable bonds is 3. The third kappa shape index (κ3) is 2.57. The fourth-order valence-electron chi connectivity index (χ4n) is 2.87. The maximum Gasteiger partial charge on any atom is 0.159 e. The maximum absolute atomic E-state index is 5.17. The average molecular weight is 307 g/mol. The molecule has 116 valence electrons. The van der Waals surface area contributed by atoms with Crippen molar-refractivity contribution in [3.8, 4) is 17.1 Å². The van der Waals surface area contributed by atoms with Crippen molar-refractivity contribution in [1.29, 1.82) is 0 Å². The topological polar surface area (TPSA) is 75.7 Å². The molecule has 2 aromatic heterocycles. The van der Waals surface area contributed by atoms with Crippen LogP contribution < -0.4 is 10.1 Å². The molecule has 0 saturated carbocycles. The Labute approximate surface area is 134 Å². The Kier molecular flexibility index (Phi) is 3.51. The van der Waals surface area contributed by atoms with E-state index in [4.69, 9.17) is 4.74 Å². The van der Waals surface area contributed by atoms with Crippen LogP contribution in [0.4, 0.5) is 0 Å². The van der Waals surface area contributed by atoms with Crippen LogP contribution in [0.5, 0.6) is 5.75 Å². The van der Waals surface area contributed by atoms with E-state index in [0.29, 0.717) is 5.82 Å². The SMILES string of the molecule is COc1ccc(-c2ncc([C@H]3NCCc4[nH]cnc43)cn2)cc1. The van der Waals surface area contributed by atoms with E-state index in [9.17, 15) is 0 Å². The van der Waals surface area contributed by atoms with E-state index in [0.717, 1.165) is 35.5 Å². The van der Waals surface area contributed by atoms with Crippen LogP contribution in [0.3, 0.4) is 0 Å². The Morgan fingerprint density at radius 2 is 1.87 bits per heavy atom. The Bertz CT molecular complexity index is 795. The normalized spacial score (nSPS) is 16.8. The molecule has 2 N–H and O–H groups in total. The molecule has 0 amide bonds. The molecule has 23 heavy (non-hydrogen) atoms. The fraction of sp³-hybridized carbons (Fsp3) is 0.235. The lowest BCUT2D eigenvalue weighted by Crippen LogP contribution is -2.30. The van der Waals surface area contributed by atoms with Crippen LogP contribution in [0.2, 0.25) is 0 Å². The highest BCUT2D eigenvalue weighted by Gasteiger charge is 2.24. The highest BCUT2D eigenvalue weighted by Crippen LogP contribution is 2.26. The van der Waals surface area contributed by atoms with Crippen molar-refractivity contribution in [2.45, 2.75) is 12.5 Å². The number of imidazole rings is 1. The van der Waals surface area contributed by atoms with Gasteiger partial charge < -0.3 is 15.0 Å². The monoisotopic (exact) mass is 307 g/mol. The van der Waals surface area contributed by atoms with Crippen molar-refractivity contribution < 1.29 is 4.74 Å². The van der Waals surface area contributed by atoms with E-state index in [1.54, 1.807) is 13.4 Å². The number of aromatic amines is 1. The van der Waals surface area contributed by atoms with Crippen LogP contribution in [0.1, 0.15) is 23.0 Å². The molecule has 3 heterocycles. The van der Waals surface area contributed by atoms with Crippen molar-refractivity contribution in [3.63, 3.8) is 0 Å². The minimum atomic E-state index is 0.0508. The second-order valence-corrected chi connectivity index (χ2v) is 5.47. The van der Waals surface area contributed by atoms with E-state index >= 15 is 0 Å². The average Bonchev–Trinajstić information content (AvgIpc) is 3.11. The number of methoxy groups -OCH3 is 1. The van der Waals surface area contributed by atoms with E-state index in [2.05, 4.69) is 25.3 Å². The molecule has 1 aliphatic heterocycles. The minimum Gasteiger partial charge on any atom is -0.497 e. The molecule has 1 atom stereocenters. The van der Waals surface area contributed by atoms with Crippen LogP contribution in [0, 0.1) is 0 Å². The van der Waals surface area contributed by atoms with Gasteiger partial charge in [0.15, 0.2) is 5.82 Å². The summed E-state index contributed by atoms with van der Waals surface area (Å²) >= 11 is 0. The summed E-state index contributed by atoms with van der Waals surface area (Å²) in [5.74, 6) is 1.53. The zero-order valence-corrected chi connectivity index (χ0v) is 12.8. The number of hydrogen-bond donors (Lipinski definition) is 2. The van der Waals surface area contributed by atoms with Crippen LogP contribution in [0.25, 0.3) is 11.4 Å². The highest BCUT2D eigenvalue weighted by molar-refractivity contribution is 5.56. The molecular formula is C17H17N5O. The summed E-state index contributed by atoms with van der Waals surface area (Å²) in [6.07, 6.45) is 6.45. The molecule has 0 fully saturated rings. The van der Waals surface area contributed by atoms with Gasteiger partial charge in [-0.05, 0) is 24.3 Å². The number of nitrogens with one attached hydrogen (secondary N) is 2. The molecule has 4 rings (SSSR count). The molecule has 0 aliphatic carbocycles. The van der Waals surface area contributed by atoms with Crippen molar-refractivity contribution in [1.82, 2.24) is 25.3 Å². The summed E-state index contributed by atoms with van der Waals surface area (Å²) in [5, 5.41) is 3.47. The predicted molar refractivity (Wildman–Crippen MR) is 86.2 cm³/mol. The summed E-state index contributed by atoms with van der Waals surface area (Å²) in [6.45, 7) is 0.917. The molecule has 3 aromatic rings. The second kappa shape index (κ2) is 5.81. The van der Waals surface area contributed by atoms with Crippen molar-refractivity contribution in [2.75, 3.05) is 13.7 Å². The van der Waals surface area contributed by atoms with Gasteiger partial charge in [-0.3, -0.25) is 0 Å². The molecule has 1 aliphatic rings. The first-order valence-electron chi connectivity index (χ1n) is 7.57. The standard InChI is InChI=1S/C17H17N5O/c1-23-13-4-2-11(3-5-13)17-19-8-12(9-20-17)15-16-14(6-7-18-15)21-10-22-16/h2-5,8-10,15,18H,6-7H2,1H3,(H,21,22)/t15-/m1/s1. The Morgan fingerprint density at radius 3 is 2.61 bits per heavy atom. The van der Waals surface area contributed by atoms with Crippen molar-refractivity contribution in [3.05, 3.63) is 59.9 Å². The van der Waals surface area contributed by atoms with Gasteiger partial charge in [0, 0.05) is 42.2 Å². The number of aromatic nitrogens is 4. The first-order valence-corrected chi connectivity index (χ1v) is 7.57. The highest BCUT2D eigenvalue weighted by atomic mass is 16.5. The van der Waals surface area contributed by atoms with E-state index in [-0.39, 0.29) is 6.04 Å². The van der Waals surface area contributed by atoms with Gasteiger partial charge in [-0.15, -0.1) is 0 Å². The van der Waals surface area contributed by atoms with Crippen molar-refractivity contribution in [2.24, 2.45) is 0 Å². The molecule has 6 heteroatoms. The van der Waals surface area contributed by atoms with Gasteiger partial charge in [0.05, 0.1) is 25.2 Å². The number of H-pyrrole nitrogens is 1. The lowest BCUT2D eigenvalue weighted by molar-refractivity contribution is 0.415. The van der Waals surface area contributed by atoms with Crippen LogP contribution in [-0.2, 0) is 6.42 Å². The molecular weight excluding hydrogens is 290 g/mol. The molecule has 0 radical (unpaired) electrons. The van der Waals surface area contributed by atoms with E-state index in [1.807, 2.05) is 36.7 Å². The summed E-state index contributed by atoms with van der Waals surface area (Å²) in [5.41, 5.74) is 4.22. The van der Waals surface area contributed by atoms with Gasteiger partial charge >= 0.3 is 0 Å². The van der Waals surface area contributed by atoms with E-state index in [1.165, 1.54) is 5.69 Å². The number of benzene rings is 1. The molecule has 0 spiro atoms. The molecule has 6 nitrogen and oxygen atoms in total. The molecule has 0 unspecified atom stereocenters. The fourth-order valence-corrected chi connectivity index (χ4v) is 2.87. The van der Waals surface area contributed by atoms with Crippen LogP contribution in [0.15, 0.2) is 43.0 Å². The van der Waals surface area contributed by atoms with Gasteiger partial charge in [-0.1, -0.05) is 0 Å². The van der Waals surface area contributed by atoms with E-state index < -0.39 is 0 Å². The summed E-state index contributed by atoms with van der Waals surface area (Å²) in [4.78, 5) is 16.6. The number of fused-ring (bicyclic) bond motifs is 1. The van der Waals surface area contributed by atoms with Gasteiger partial charge in [-0.25, -0.2) is 15.0 Å². The number of ether oxygens (including phenoxy) is 1. The van der Waals surface area contributed by atoms with Crippen LogP contribution >= 0.6 is 0 Å². The lowest BCUT2D eigenvalue weighted by atomic mass is 10.0. The van der Waals surface area contributed by atoms with Gasteiger partial charge in [0.1, 0.15) is 5.75 Å². The van der Waals surface area contributed by atoms with Crippen LogP contribution in [-0.4, -0.2) is 33.6 Å². The third-order valence-electron chi connectivity index (χ3n) is 4.10. The van der Waals surface area contributed by atoms with Gasteiger partial charge in [-0.2, -0.15) is 0 Å². The molecule has 0 saturated heterocycles. The first-order chi connectivity index (χ1) is 11.3. The Balaban J connectivity index is 1.61. The van der Waals surface area contributed by atoms with Gasteiger partial charge in [0.25, 0.3) is 0 Å². The Morgan fingerprint density at radius 1 is 1.09 bits per heavy atom. The second-order valence-electron chi connectivity index (χ2n) is 5.47. The number of nitrogens with zero attached hydrogens (tertiary/aromatic N) is 3. The zero-order valence-electron chi connectivity index (χ0n) is 12.8. The lowest BCUT2D eigenvalue weighted by Gasteiger charge is -2.22. The minimum absolute atomic E-state index is 0.0508. The summed E-state index contributed by atoms with van der Waals surface area (Å²) in [6, 6.07) is 7.78. The summed E-state index contributed by atoms with van der Waals surface area (Å²) in [7, 11) is 1.65. The largest absolute Gasteiger partial charge is 0.497 e. The van der Waals surface area contributed by atoms with Gasteiger partial charge in [0.2, 0.25) is 0 Å². The predicted octanol–water partition coefficient (Wildman–Crippen LogP) is 2.11. The van der Waals surface area contributed by atoms with Crippen molar-refractivity contribution >= 4 is 0 Å². The summed E-state index contributed by atoms with van der Waals surface area (Å²) < 4.78 is 5.17. The molecule has 1 aromatic carbocycles. The third-order valence-corrected chi connectivity index (χ3v) is 4.10. The maximum atomic E-state index is 5.17. The molecule has 0 bridgehead atoms. The zero-order chi connectivity index (χ0) is 15.6.